The van der Waals surface area contributed by atoms with Crippen molar-refractivity contribution < 1.29 is 9.47 Å². The van der Waals surface area contributed by atoms with Gasteiger partial charge in [-0.3, -0.25) is 0 Å². The van der Waals surface area contributed by atoms with Gasteiger partial charge in [0.2, 0.25) is 0 Å². The summed E-state index contributed by atoms with van der Waals surface area (Å²) in [5.74, 6) is 0. The minimum Gasteiger partial charge on any atom is -0.383 e. The number of ether oxygens (including phenoxy) is 2. The Hall–Kier alpha value is -0.900. The molecular formula is C14H23NO2. The maximum atomic E-state index is 5.76. The Morgan fingerprint density at radius 2 is 1.88 bits per heavy atom. The van der Waals surface area contributed by atoms with Crippen LogP contribution in [0, 0.1) is 0 Å². The van der Waals surface area contributed by atoms with Gasteiger partial charge in [-0.25, -0.2) is 0 Å². The molecule has 3 nitrogen and oxygen atoms in total. The van der Waals surface area contributed by atoms with Crippen molar-refractivity contribution in [1.82, 2.24) is 5.32 Å². The fourth-order valence-electron chi connectivity index (χ4n) is 1.58. The lowest BCUT2D eigenvalue weighted by Gasteiger charge is -2.13. The van der Waals surface area contributed by atoms with Crippen LogP contribution in [0.3, 0.4) is 0 Å². The van der Waals surface area contributed by atoms with Crippen LogP contribution in [0.1, 0.15) is 25.0 Å². The first kappa shape index (κ1) is 14.2. The van der Waals surface area contributed by atoms with E-state index < -0.39 is 0 Å². The maximum absolute atomic E-state index is 5.76. The number of rotatable bonds is 9. The molecule has 0 spiro atoms. The molecule has 0 saturated heterocycles. The van der Waals surface area contributed by atoms with Gasteiger partial charge in [-0.2, -0.15) is 0 Å². The molecule has 1 aromatic rings. The quantitative estimate of drug-likeness (QED) is 0.669. The van der Waals surface area contributed by atoms with Gasteiger partial charge in [-0.1, -0.05) is 30.3 Å². The van der Waals surface area contributed by atoms with Gasteiger partial charge in [0.15, 0.2) is 0 Å². The third-order valence-electron chi connectivity index (χ3n) is 2.62. The second kappa shape index (κ2) is 9.16. The van der Waals surface area contributed by atoms with Crippen LogP contribution < -0.4 is 5.32 Å². The molecule has 1 N–H and O–H groups in total. The zero-order chi connectivity index (χ0) is 12.3. The fraction of sp³-hybridized carbons (Fsp3) is 0.571. The highest BCUT2D eigenvalue weighted by Gasteiger charge is 2.03. The first-order valence-corrected chi connectivity index (χ1v) is 6.21. The van der Waals surface area contributed by atoms with E-state index >= 15 is 0 Å². The lowest BCUT2D eigenvalue weighted by Crippen LogP contribution is -2.21. The number of methoxy groups -OCH3 is 1. The van der Waals surface area contributed by atoms with E-state index in [1.54, 1.807) is 7.11 Å². The van der Waals surface area contributed by atoms with Crippen molar-refractivity contribution in [3.8, 4) is 0 Å². The molecule has 1 atom stereocenters. The SMILES string of the molecule is COCCNCCCOC(C)c1ccccc1. The molecule has 96 valence electrons. The van der Waals surface area contributed by atoms with Crippen molar-refractivity contribution in [1.29, 1.82) is 0 Å². The Bertz CT molecular complexity index is 277. The van der Waals surface area contributed by atoms with E-state index in [1.165, 1.54) is 5.56 Å². The van der Waals surface area contributed by atoms with Crippen molar-refractivity contribution in [2.45, 2.75) is 19.4 Å². The lowest BCUT2D eigenvalue weighted by atomic mass is 10.1. The first-order chi connectivity index (χ1) is 8.34. The predicted octanol–water partition coefficient (Wildman–Crippen LogP) is 2.39. The maximum Gasteiger partial charge on any atom is 0.0796 e. The third kappa shape index (κ3) is 6.41. The normalized spacial score (nSPS) is 12.6. The summed E-state index contributed by atoms with van der Waals surface area (Å²) in [6.07, 6.45) is 1.20. The molecule has 1 rings (SSSR count). The second-order valence-corrected chi connectivity index (χ2v) is 4.02. The molecule has 17 heavy (non-hydrogen) atoms. The van der Waals surface area contributed by atoms with Gasteiger partial charge < -0.3 is 14.8 Å². The Labute approximate surface area is 104 Å². The highest BCUT2D eigenvalue weighted by Crippen LogP contribution is 2.15. The fourth-order valence-corrected chi connectivity index (χ4v) is 1.58. The highest BCUT2D eigenvalue weighted by atomic mass is 16.5. The van der Waals surface area contributed by atoms with E-state index in [0.717, 1.165) is 32.7 Å². The minimum absolute atomic E-state index is 0.176. The number of nitrogens with one attached hydrogen (secondary N) is 1. The molecule has 1 aromatic carbocycles. The predicted molar refractivity (Wildman–Crippen MR) is 70.2 cm³/mol. The van der Waals surface area contributed by atoms with Crippen molar-refractivity contribution in [3.63, 3.8) is 0 Å². The van der Waals surface area contributed by atoms with E-state index in [2.05, 4.69) is 24.4 Å². The van der Waals surface area contributed by atoms with Crippen LogP contribution in [0.2, 0.25) is 0 Å². The summed E-state index contributed by atoms with van der Waals surface area (Å²) in [6.45, 7) is 5.53. The van der Waals surface area contributed by atoms with E-state index in [1.807, 2.05) is 18.2 Å². The summed E-state index contributed by atoms with van der Waals surface area (Å²) >= 11 is 0. The molecule has 0 saturated carbocycles. The molecule has 0 aliphatic heterocycles. The van der Waals surface area contributed by atoms with Crippen LogP contribution in [-0.4, -0.2) is 33.4 Å². The van der Waals surface area contributed by atoms with E-state index in [0.29, 0.717) is 0 Å². The van der Waals surface area contributed by atoms with E-state index in [-0.39, 0.29) is 6.10 Å². The molecule has 0 heterocycles. The number of benzene rings is 1. The summed E-state index contributed by atoms with van der Waals surface area (Å²) in [4.78, 5) is 0. The smallest absolute Gasteiger partial charge is 0.0796 e. The van der Waals surface area contributed by atoms with Crippen LogP contribution in [0.5, 0.6) is 0 Å². The van der Waals surface area contributed by atoms with Gasteiger partial charge in [0.05, 0.1) is 12.7 Å². The van der Waals surface area contributed by atoms with Gasteiger partial charge in [-0.15, -0.1) is 0 Å². The van der Waals surface area contributed by atoms with E-state index in [9.17, 15) is 0 Å². The van der Waals surface area contributed by atoms with Crippen molar-refractivity contribution in [2.24, 2.45) is 0 Å². The standard InChI is InChI=1S/C14H23NO2/c1-13(14-7-4-3-5-8-14)17-11-6-9-15-10-12-16-2/h3-5,7-8,13,15H,6,9-12H2,1-2H3. The number of hydrogen-bond acceptors (Lipinski definition) is 3. The average Bonchev–Trinajstić information content (AvgIpc) is 2.38. The Morgan fingerprint density at radius 3 is 2.59 bits per heavy atom. The van der Waals surface area contributed by atoms with Crippen LogP contribution in [0.4, 0.5) is 0 Å². The van der Waals surface area contributed by atoms with Gasteiger partial charge in [0.25, 0.3) is 0 Å². The van der Waals surface area contributed by atoms with E-state index in [4.69, 9.17) is 9.47 Å². The molecule has 3 heteroatoms. The molecule has 0 aliphatic carbocycles. The summed E-state index contributed by atoms with van der Waals surface area (Å²) in [5, 5.41) is 3.29. The van der Waals surface area contributed by atoms with Crippen molar-refractivity contribution in [3.05, 3.63) is 35.9 Å². The van der Waals surface area contributed by atoms with Gasteiger partial charge in [0.1, 0.15) is 0 Å². The molecule has 0 amide bonds. The molecule has 0 bridgehead atoms. The van der Waals surface area contributed by atoms with Crippen LogP contribution in [0.15, 0.2) is 30.3 Å². The highest BCUT2D eigenvalue weighted by molar-refractivity contribution is 5.16. The summed E-state index contributed by atoms with van der Waals surface area (Å²) in [6, 6.07) is 10.3. The summed E-state index contributed by atoms with van der Waals surface area (Å²) in [7, 11) is 1.71. The van der Waals surface area contributed by atoms with Gasteiger partial charge >= 0.3 is 0 Å². The van der Waals surface area contributed by atoms with Gasteiger partial charge in [-0.05, 0) is 25.5 Å². The average molecular weight is 237 g/mol. The van der Waals surface area contributed by atoms with Crippen LogP contribution in [0.25, 0.3) is 0 Å². The zero-order valence-corrected chi connectivity index (χ0v) is 10.8. The zero-order valence-electron chi connectivity index (χ0n) is 10.8. The minimum atomic E-state index is 0.176. The first-order valence-electron chi connectivity index (χ1n) is 6.21. The van der Waals surface area contributed by atoms with Gasteiger partial charge in [0, 0.05) is 20.3 Å². The van der Waals surface area contributed by atoms with Crippen LogP contribution in [-0.2, 0) is 9.47 Å². The topological polar surface area (TPSA) is 30.5 Å². The molecule has 0 aliphatic rings. The second-order valence-electron chi connectivity index (χ2n) is 4.02. The third-order valence-corrected chi connectivity index (χ3v) is 2.62. The Morgan fingerprint density at radius 1 is 1.12 bits per heavy atom. The molecule has 0 radical (unpaired) electrons. The monoisotopic (exact) mass is 237 g/mol. The summed E-state index contributed by atoms with van der Waals surface area (Å²) in [5.41, 5.74) is 1.24. The Kier molecular flexibility index (Phi) is 7.63. The molecule has 1 unspecified atom stereocenters. The molecule has 0 aromatic heterocycles. The van der Waals surface area contributed by atoms with Crippen LogP contribution >= 0.6 is 0 Å². The van der Waals surface area contributed by atoms with Crippen molar-refractivity contribution >= 4 is 0 Å². The van der Waals surface area contributed by atoms with Crippen molar-refractivity contribution in [2.75, 3.05) is 33.4 Å². The molecular weight excluding hydrogens is 214 g/mol. The largest absolute Gasteiger partial charge is 0.383 e. The lowest BCUT2D eigenvalue weighted by molar-refractivity contribution is 0.0638. The Balaban J connectivity index is 2.03. The molecule has 0 fully saturated rings. The summed E-state index contributed by atoms with van der Waals surface area (Å²) < 4.78 is 10.7. The number of hydrogen-bond donors (Lipinski definition) is 1.